The number of amides is 1. The van der Waals surface area contributed by atoms with Crippen LogP contribution in [0.2, 0.25) is 5.02 Å². The van der Waals surface area contributed by atoms with Gasteiger partial charge in [0, 0.05) is 12.7 Å². The summed E-state index contributed by atoms with van der Waals surface area (Å²) in [6, 6.07) is 9.55. The van der Waals surface area contributed by atoms with Crippen LogP contribution in [0, 0.1) is 0 Å². The second kappa shape index (κ2) is 5.61. The lowest BCUT2D eigenvalue weighted by Gasteiger charge is -2.25. The number of hydrogen-bond acceptors (Lipinski definition) is 3. The summed E-state index contributed by atoms with van der Waals surface area (Å²) in [5.74, 6) is -0.0885. The van der Waals surface area contributed by atoms with Crippen molar-refractivity contribution in [3.05, 3.63) is 58.9 Å². The summed E-state index contributed by atoms with van der Waals surface area (Å²) < 4.78 is 0. The average molecular weight is 288 g/mol. The molecule has 0 aliphatic carbocycles. The smallest absolute Gasteiger partial charge is 0.241 e. The van der Waals surface area contributed by atoms with Gasteiger partial charge in [-0.05, 0) is 23.6 Å². The number of aromatic nitrogens is 1. The molecule has 0 saturated heterocycles. The van der Waals surface area contributed by atoms with Gasteiger partial charge in [0.1, 0.15) is 0 Å². The van der Waals surface area contributed by atoms with E-state index in [0.29, 0.717) is 23.7 Å². The van der Waals surface area contributed by atoms with Gasteiger partial charge in [-0.1, -0.05) is 35.9 Å². The second-order valence-electron chi connectivity index (χ2n) is 4.75. The molecule has 3 rings (SSSR count). The first-order valence-electron chi connectivity index (χ1n) is 6.44. The quantitative estimate of drug-likeness (QED) is 0.892. The van der Waals surface area contributed by atoms with Crippen molar-refractivity contribution in [1.29, 1.82) is 0 Å². The molecule has 2 N–H and O–H groups in total. The van der Waals surface area contributed by atoms with Gasteiger partial charge in [0.05, 0.1) is 22.9 Å². The fraction of sp³-hybridized carbons (Fsp3) is 0.200. The van der Waals surface area contributed by atoms with Gasteiger partial charge in [-0.15, -0.1) is 0 Å². The molecule has 0 bridgehead atoms. The topological polar surface area (TPSA) is 54.0 Å². The lowest BCUT2D eigenvalue weighted by Crippen LogP contribution is -2.44. The Kier molecular flexibility index (Phi) is 3.67. The van der Waals surface area contributed by atoms with E-state index in [1.54, 1.807) is 18.5 Å². The number of pyridine rings is 1. The van der Waals surface area contributed by atoms with E-state index in [0.717, 1.165) is 0 Å². The lowest BCUT2D eigenvalue weighted by atomic mass is 9.95. The van der Waals surface area contributed by atoms with Crippen molar-refractivity contribution >= 4 is 23.2 Å². The Balaban J connectivity index is 1.72. The number of benzene rings is 1. The van der Waals surface area contributed by atoms with Crippen LogP contribution in [0.5, 0.6) is 0 Å². The molecule has 5 heteroatoms. The van der Waals surface area contributed by atoms with E-state index in [1.165, 1.54) is 11.1 Å². The predicted octanol–water partition coefficient (Wildman–Crippen LogP) is 2.39. The largest absolute Gasteiger partial charge is 0.322 e. The summed E-state index contributed by atoms with van der Waals surface area (Å²) >= 11 is 6.01. The van der Waals surface area contributed by atoms with E-state index in [1.807, 2.05) is 12.1 Å². The molecule has 1 aromatic heterocycles. The highest BCUT2D eigenvalue weighted by molar-refractivity contribution is 6.33. The zero-order valence-corrected chi connectivity index (χ0v) is 11.5. The third-order valence-electron chi connectivity index (χ3n) is 3.42. The van der Waals surface area contributed by atoms with Crippen molar-refractivity contribution in [2.75, 3.05) is 5.32 Å². The van der Waals surface area contributed by atoms with Crippen LogP contribution in [0.4, 0.5) is 5.69 Å². The Morgan fingerprint density at radius 2 is 2.10 bits per heavy atom. The fourth-order valence-electron chi connectivity index (χ4n) is 2.33. The van der Waals surface area contributed by atoms with Crippen molar-refractivity contribution in [2.24, 2.45) is 0 Å². The van der Waals surface area contributed by atoms with Crippen molar-refractivity contribution in [2.45, 2.75) is 19.0 Å². The van der Waals surface area contributed by atoms with Crippen LogP contribution < -0.4 is 10.6 Å². The van der Waals surface area contributed by atoms with Gasteiger partial charge in [-0.2, -0.15) is 0 Å². The first-order valence-corrected chi connectivity index (χ1v) is 6.82. The molecule has 0 spiro atoms. The molecule has 20 heavy (non-hydrogen) atoms. The molecular weight excluding hydrogens is 274 g/mol. The summed E-state index contributed by atoms with van der Waals surface area (Å²) in [4.78, 5) is 16.2. The zero-order valence-electron chi connectivity index (χ0n) is 10.8. The second-order valence-corrected chi connectivity index (χ2v) is 5.16. The Bertz CT molecular complexity index is 645. The molecule has 4 nitrogen and oxygen atoms in total. The van der Waals surface area contributed by atoms with Crippen molar-refractivity contribution in [3.8, 4) is 0 Å². The van der Waals surface area contributed by atoms with E-state index < -0.39 is 0 Å². The van der Waals surface area contributed by atoms with Gasteiger partial charge in [0.15, 0.2) is 0 Å². The number of rotatable bonds is 2. The summed E-state index contributed by atoms with van der Waals surface area (Å²) in [5.41, 5.74) is 3.00. The Labute approximate surface area is 122 Å². The molecule has 1 aliphatic heterocycles. The maximum atomic E-state index is 12.3. The van der Waals surface area contributed by atoms with Crippen LogP contribution >= 0.6 is 11.6 Å². The number of carbonyl (C=O) groups is 1. The number of anilines is 1. The van der Waals surface area contributed by atoms with Crippen LogP contribution in [0.3, 0.4) is 0 Å². The third kappa shape index (κ3) is 2.66. The van der Waals surface area contributed by atoms with E-state index in [9.17, 15) is 4.79 Å². The molecular formula is C15H14ClN3O. The number of fused-ring (bicyclic) bond motifs is 1. The molecule has 1 atom stereocenters. The predicted molar refractivity (Wildman–Crippen MR) is 78.7 cm³/mol. The minimum Gasteiger partial charge on any atom is -0.322 e. The van der Waals surface area contributed by atoms with E-state index in [4.69, 9.17) is 11.6 Å². The molecule has 102 valence electrons. The molecule has 2 aromatic rings. The highest BCUT2D eigenvalue weighted by atomic mass is 35.5. The van der Waals surface area contributed by atoms with Crippen molar-refractivity contribution < 1.29 is 4.79 Å². The van der Waals surface area contributed by atoms with Gasteiger partial charge in [-0.25, -0.2) is 0 Å². The molecule has 2 heterocycles. The Morgan fingerprint density at radius 1 is 1.30 bits per heavy atom. The number of hydrogen-bond donors (Lipinski definition) is 2. The van der Waals surface area contributed by atoms with Crippen LogP contribution in [-0.4, -0.2) is 16.9 Å². The number of nitrogens with zero attached hydrogens (tertiary/aromatic N) is 1. The van der Waals surface area contributed by atoms with Gasteiger partial charge < -0.3 is 10.6 Å². The number of carbonyl (C=O) groups excluding carboxylic acids is 1. The first kappa shape index (κ1) is 13.1. The number of nitrogens with one attached hydrogen (secondary N) is 2. The molecule has 0 fully saturated rings. The van der Waals surface area contributed by atoms with Gasteiger partial charge in [0.2, 0.25) is 5.91 Å². The summed E-state index contributed by atoms with van der Waals surface area (Å²) in [6.07, 6.45) is 3.82. The minimum absolute atomic E-state index is 0.0885. The first-order chi connectivity index (χ1) is 9.74. The minimum atomic E-state index is -0.249. The summed E-state index contributed by atoms with van der Waals surface area (Å²) in [6.45, 7) is 0.703. The van der Waals surface area contributed by atoms with E-state index in [-0.39, 0.29) is 11.9 Å². The van der Waals surface area contributed by atoms with E-state index >= 15 is 0 Å². The average Bonchev–Trinajstić information content (AvgIpc) is 2.49. The van der Waals surface area contributed by atoms with Gasteiger partial charge in [-0.3, -0.25) is 9.78 Å². The van der Waals surface area contributed by atoms with Crippen LogP contribution in [0.25, 0.3) is 0 Å². The molecule has 1 aliphatic rings. The van der Waals surface area contributed by atoms with Crippen molar-refractivity contribution in [1.82, 2.24) is 10.3 Å². The van der Waals surface area contributed by atoms with Crippen molar-refractivity contribution in [3.63, 3.8) is 0 Å². The summed E-state index contributed by atoms with van der Waals surface area (Å²) in [5, 5.41) is 6.54. The molecule has 1 unspecified atom stereocenters. The monoisotopic (exact) mass is 287 g/mol. The van der Waals surface area contributed by atoms with Crippen LogP contribution in [0.15, 0.2) is 42.7 Å². The highest BCUT2D eigenvalue weighted by Crippen LogP contribution is 2.21. The zero-order chi connectivity index (χ0) is 13.9. The standard InChI is InChI=1S/C15H14ClN3O/c16-12-5-6-17-9-14(12)19-15(20)13-7-10-3-1-2-4-11(10)8-18-13/h1-6,9,13,18H,7-8H2,(H,19,20). The number of halogens is 1. The molecule has 0 saturated carbocycles. The normalized spacial score (nSPS) is 17.4. The summed E-state index contributed by atoms with van der Waals surface area (Å²) in [7, 11) is 0. The fourth-order valence-corrected chi connectivity index (χ4v) is 2.48. The maximum Gasteiger partial charge on any atom is 0.241 e. The van der Waals surface area contributed by atoms with Gasteiger partial charge >= 0.3 is 0 Å². The Hall–Kier alpha value is -1.91. The van der Waals surface area contributed by atoms with E-state index in [2.05, 4.69) is 27.8 Å². The molecule has 1 amide bonds. The SMILES string of the molecule is O=C(Nc1cnccc1Cl)C1Cc2ccccc2CN1. The maximum absolute atomic E-state index is 12.3. The lowest BCUT2D eigenvalue weighted by molar-refractivity contribution is -0.118. The van der Waals surface area contributed by atoms with Crippen LogP contribution in [0.1, 0.15) is 11.1 Å². The van der Waals surface area contributed by atoms with Gasteiger partial charge in [0.25, 0.3) is 0 Å². The highest BCUT2D eigenvalue weighted by Gasteiger charge is 2.24. The molecule has 1 aromatic carbocycles. The Morgan fingerprint density at radius 3 is 2.90 bits per heavy atom. The molecule has 0 radical (unpaired) electrons. The third-order valence-corrected chi connectivity index (χ3v) is 3.75. The van der Waals surface area contributed by atoms with Crippen LogP contribution in [-0.2, 0) is 17.8 Å².